The lowest BCUT2D eigenvalue weighted by Crippen LogP contribution is -2.59. The molecule has 1 aliphatic carbocycles. The van der Waals surface area contributed by atoms with Crippen molar-refractivity contribution in [3.8, 4) is 0 Å². The summed E-state index contributed by atoms with van der Waals surface area (Å²) in [5.74, 6) is -0.718. The van der Waals surface area contributed by atoms with Crippen LogP contribution in [0.1, 0.15) is 86.0 Å². The molecule has 2 fully saturated rings. The van der Waals surface area contributed by atoms with Gasteiger partial charge in [0, 0.05) is 11.6 Å². The highest BCUT2D eigenvalue weighted by molar-refractivity contribution is 5.88. The van der Waals surface area contributed by atoms with Crippen LogP contribution in [0.25, 0.3) is 0 Å². The van der Waals surface area contributed by atoms with Gasteiger partial charge >= 0.3 is 11.9 Å². The smallest absolute Gasteiger partial charge is 0.352 e. The Morgan fingerprint density at radius 1 is 1.04 bits per heavy atom. The van der Waals surface area contributed by atoms with Crippen LogP contribution in [0.4, 0.5) is 0 Å². The number of carboxylic acid groups (broad SMARTS) is 1. The van der Waals surface area contributed by atoms with Crippen LogP contribution >= 0.6 is 0 Å². The molecule has 0 radical (unpaired) electrons. The minimum atomic E-state index is -0.981. The Morgan fingerprint density at radius 2 is 1.52 bits per heavy atom. The molecule has 154 valence electrons. The zero-order valence-electron chi connectivity index (χ0n) is 17.7. The molecule has 0 aromatic heterocycles. The van der Waals surface area contributed by atoms with Gasteiger partial charge in [-0.3, -0.25) is 0 Å². The fourth-order valence-electron chi connectivity index (χ4n) is 4.29. The summed E-state index contributed by atoms with van der Waals surface area (Å²) >= 11 is 0. The van der Waals surface area contributed by atoms with Gasteiger partial charge in [0.05, 0.1) is 11.1 Å². The van der Waals surface area contributed by atoms with E-state index < -0.39 is 5.97 Å². The van der Waals surface area contributed by atoms with E-state index in [2.05, 4.69) is 34.3 Å². The van der Waals surface area contributed by atoms with Crippen molar-refractivity contribution in [2.45, 2.75) is 97.1 Å². The molecule has 0 spiro atoms. The topological polar surface area (TPSA) is 66.8 Å². The SMILES string of the molecule is C=CC(=O)O.CC=C(C(=O)ON1C(C)(C)CCCC1(C)C)C1CCCCC1. The highest BCUT2D eigenvalue weighted by atomic mass is 16.7. The van der Waals surface area contributed by atoms with Gasteiger partial charge in [-0.15, -0.1) is 5.06 Å². The predicted molar refractivity (Wildman–Crippen MR) is 108 cm³/mol. The summed E-state index contributed by atoms with van der Waals surface area (Å²) in [6, 6.07) is 0. The van der Waals surface area contributed by atoms with Crippen LogP contribution < -0.4 is 0 Å². The van der Waals surface area contributed by atoms with Gasteiger partial charge in [-0.2, -0.15) is 0 Å². The minimum absolute atomic E-state index is 0.0944. The van der Waals surface area contributed by atoms with E-state index in [1.807, 2.05) is 18.1 Å². The lowest BCUT2D eigenvalue weighted by molar-refractivity contribution is -0.262. The van der Waals surface area contributed by atoms with Gasteiger partial charge < -0.3 is 9.94 Å². The Bertz CT molecular complexity index is 541. The average molecular weight is 380 g/mol. The molecule has 1 saturated heterocycles. The number of carbonyl (C=O) groups excluding carboxylic acids is 1. The van der Waals surface area contributed by atoms with E-state index in [-0.39, 0.29) is 17.0 Å². The molecule has 0 atom stereocenters. The fraction of sp³-hybridized carbons (Fsp3) is 0.727. The van der Waals surface area contributed by atoms with E-state index >= 15 is 0 Å². The van der Waals surface area contributed by atoms with Gasteiger partial charge in [0.2, 0.25) is 0 Å². The zero-order chi connectivity index (χ0) is 20.7. The number of hydroxylamine groups is 2. The molecule has 0 aromatic rings. The van der Waals surface area contributed by atoms with E-state index in [1.165, 1.54) is 25.7 Å². The number of allylic oxidation sites excluding steroid dienone is 1. The van der Waals surface area contributed by atoms with Crippen LogP contribution in [0.3, 0.4) is 0 Å². The molecule has 1 saturated carbocycles. The summed E-state index contributed by atoms with van der Waals surface area (Å²) in [5.41, 5.74) is 0.697. The van der Waals surface area contributed by atoms with Gasteiger partial charge in [0.15, 0.2) is 0 Å². The number of piperidine rings is 1. The van der Waals surface area contributed by atoms with Crippen LogP contribution in [0, 0.1) is 5.92 Å². The van der Waals surface area contributed by atoms with Crippen LogP contribution in [-0.2, 0) is 14.4 Å². The van der Waals surface area contributed by atoms with E-state index in [9.17, 15) is 9.59 Å². The molecular formula is C22H37NO4. The second kappa shape index (κ2) is 10.1. The molecular weight excluding hydrogens is 342 g/mol. The summed E-state index contributed by atoms with van der Waals surface area (Å²) in [5, 5.41) is 9.57. The number of hydrogen-bond donors (Lipinski definition) is 1. The molecule has 0 unspecified atom stereocenters. The number of carbonyl (C=O) groups is 2. The molecule has 1 heterocycles. The van der Waals surface area contributed by atoms with E-state index in [4.69, 9.17) is 9.94 Å². The molecule has 27 heavy (non-hydrogen) atoms. The van der Waals surface area contributed by atoms with Crippen LogP contribution in [-0.4, -0.2) is 33.2 Å². The Balaban J connectivity index is 0.000000646. The van der Waals surface area contributed by atoms with Crippen LogP contribution in [0.15, 0.2) is 24.3 Å². The highest BCUT2D eigenvalue weighted by Crippen LogP contribution is 2.39. The Morgan fingerprint density at radius 3 is 1.93 bits per heavy atom. The first-order valence-electron chi connectivity index (χ1n) is 10.1. The Labute approximate surface area is 164 Å². The van der Waals surface area contributed by atoms with Crippen molar-refractivity contribution in [3.05, 3.63) is 24.3 Å². The van der Waals surface area contributed by atoms with Crippen molar-refractivity contribution >= 4 is 11.9 Å². The van der Waals surface area contributed by atoms with Crippen molar-refractivity contribution in [2.75, 3.05) is 0 Å². The molecule has 1 N–H and O–H groups in total. The van der Waals surface area contributed by atoms with Gasteiger partial charge in [0.25, 0.3) is 0 Å². The first-order valence-corrected chi connectivity index (χ1v) is 10.1. The molecule has 5 heteroatoms. The van der Waals surface area contributed by atoms with E-state index in [0.29, 0.717) is 5.92 Å². The van der Waals surface area contributed by atoms with Crippen LogP contribution in [0.5, 0.6) is 0 Å². The summed E-state index contributed by atoms with van der Waals surface area (Å²) in [6.07, 6.45) is 12.1. The monoisotopic (exact) mass is 379 g/mol. The maximum atomic E-state index is 12.8. The van der Waals surface area contributed by atoms with Crippen molar-refractivity contribution in [3.63, 3.8) is 0 Å². The lowest BCUT2D eigenvalue weighted by Gasteiger charge is -2.50. The average Bonchev–Trinajstić information content (AvgIpc) is 2.60. The number of aliphatic carboxylic acids is 1. The van der Waals surface area contributed by atoms with E-state index in [1.54, 1.807) is 0 Å². The Hall–Kier alpha value is -1.62. The third-order valence-electron chi connectivity index (χ3n) is 5.62. The minimum Gasteiger partial charge on any atom is -0.478 e. The largest absolute Gasteiger partial charge is 0.478 e. The molecule has 1 aliphatic heterocycles. The molecule has 5 nitrogen and oxygen atoms in total. The second-order valence-corrected chi connectivity index (χ2v) is 8.77. The molecule has 0 aromatic carbocycles. The quantitative estimate of drug-likeness (QED) is 0.674. The number of hydrogen-bond acceptors (Lipinski definition) is 4. The normalized spacial score (nSPS) is 22.9. The second-order valence-electron chi connectivity index (χ2n) is 8.77. The standard InChI is InChI=1S/C19H33NO2.C3H4O2/c1-6-16(15-11-8-7-9-12-15)17(21)22-20-18(2,3)13-10-14-19(20,4)5;1-2-3(4)5/h6,15H,7-14H2,1-5H3;2H,1H2,(H,4,5). The van der Waals surface area contributed by atoms with Gasteiger partial charge in [-0.25, -0.2) is 9.59 Å². The van der Waals surface area contributed by atoms with Crippen molar-refractivity contribution in [1.29, 1.82) is 0 Å². The summed E-state index contributed by atoms with van der Waals surface area (Å²) in [7, 11) is 0. The number of nitrogens with zero attached hydrogens (tertiary/aromatic N) is 1. The maximum Gasteiger partial charge on any atom is 0.352 e. The van der Waals surface area contributed by atoms with Crippen molar-refractivity contribution < 1.29 is 19.5 Å². The van der Waals surface area contributed by atoms with Gasteiger partial charge in [0.1, 0.15) is 0 Å². The molecule has 2 rings (SSSR count). The first kappa shape index (κ1) is 23.4. The van der Waals surface area contributed by atoms with E-state index in [0.717, 1.165) is 37.3 Å². The third kappa shape index (κ3) is 6.80. The van der Waals surface area contributed by atoms with Gasteiger partial charge in [-0.05, 0) is 72.6 Å². The zero-order valence-corrected chi connectivity index (χ0v) is 17.7. The summed E-state index contributed by atoms with van der Waals surface area (Å²) < 4.78 is 0. The molecule has 2 aliphatic rings. The fourth-order valence-corrected chi connectivity index (χ4v) is 4.29. The predicted octanol–water partition coefficient (Wildman–Crippen LogP) is 5.27. The number of carboxylic acids is 1. The molecule has 0 bridgehead atoms. The van der Waals surface area contributed by atoms with Crippen molar-refractivity contribution in [2.24, 2.45) is 5.92 Å². The van der Waals surface area contributed by atoms with Crippen LogP contribution in [0.2, 0.25) is 0 Å². The highest BCUT2D eigenvalue weighted by Gasteiger charge is 2.44. The van der Waals surface area contributed by atoms with Gasteiger partial charge in [-0.1, -0.05) is 31.9 Å². The summed E-state index contributed by atoms with van der Waals surface area (Å²) in [6.45, 7) is 13.6. The molecule has 0 amide bonds. The maximum absolute atomic E-state index is 12.8. The third-order valence-corrected chi connectivity index (χ3v) is 5.62. The van der Waals surface area contributed by atoms with Crippen molar-refractivity contribution in [1.82, 2.24) is 5.06 Å². The first-order chi connectivity index (χ1) is 12.5. The number of rotatable bonds is 4. The Kier molecular flexibility index (Phi) is 8.73. The summed E-state index contributed by atoms with van der Waals surface area (Å²) in [4.78, 5) is 28.0. The lowest BCUT2D eigenvalue weighted by atomic mass is 9.82.